The van der Waals surface area contributed by atoms with Crippen LogP contribution in [0.25, 0.3) is 98.7 Å². The summed E-state index contributed by atoms with van der Waals surface area (Å²) in [5, 5.41) is 10.2. The van der Waals surface area contributed by atoms with E-state index >= 15 is 0 Å². The number of fused-ring (bicyclic) bond motifs is 7. The van der Waals surface area contributed by atoms with Crippen LogP contribution in [0.1, 0.15) is 25.0 Å². The van der Waals surface area contributed by atoms with Gasteiger partial charge in [0.15, 0.2) is 0 Å². The summed E-state index contributed by atoms with van der Waals surface area (Å²) in [7, 11) is 0. The van der Waals surface area contributed by atoms with Crippen molar-refractivity contribution in [3.05, 3.63) is 205 Å². The van der Waals surface area contributed by atoms with E-state index in [1.807, 2.05) is 0 Å². The molecule has 1 aliphatic carbocycles. The van der Waals surface area contributed by atoms with E-state index in [1.165, 1.54) is 110 Å². The van der Waals surface area contributed by atoms with Gasteiger partial charge in [0.05, 0.1) is 0 Å². The minimum Gasteiger partial charge on any atom is -0.0616 e. The molecule has 10 aromatic rings. The summed E-state index contributed by atoms with van der Waals surface area (Å²) in [5.74, 6) is 0. The smallest absolute Gasteiger partial charge is 0.0159 e. The molecule has 0 saturated carbocycles. The maximum Gasteiger partial charge on any atom is 0.0159 e. The minimum atomic E-state index is -0.0851. The third-order valence-electron chi connectivity index (χ3n) is 12.2. The van der Waals surface area contributed by atoms with Gasteiger partial charge in [-0.15, -0.1) is 0 Å². The van der Waals surface area contributed by atoms with Crippen molar-refractivity contribution in [1.82, 2.24) is 0 Å². The molecule has 55 heavy (non-hydrogen) atoms. The summed E-state index contributed by atoms with van der Waals surface area (Å²) in [6, 6.07) is 72.2. The van der Waals surface area contributed by atoms with Gasteiger partial charge >= 0.3 is 0 Å². The fourth-order valence-electron chi connectivity index (χ4n) is 9.50. The Morgan fingerprint density at radius 1 is 0.273 bits per heavy atom. The Balaban J connectivity index is 1.07. The lowest BCUT2D eigenvalue weighted by molar-refractivity contribution is 0.661. The van der Waals surface area contributed by atoms with E-state index in [4.69, 9.17) is 0 Å². The summed E-state index contributed by atoms with van der Waals surface area (Å²) in [6.07, 6.45) is 0. The van der Waals surface area contributed by atoms with Crippen LogP contribution in [0.3, 0.4) is 0 Å². The van der Waals surface area contributed by atoms with E-state index in [2.05, 4.69) is 208 Å². The maximum atomic E-state index is 2.42. The molecule has 11 rings (SSSR count). The monoisotopic (exact) mass is 698 g/mol. The highest BCUT2D eigenvalue weighted by molar-refractivity contribution is 6.21. The molecule has 0 nitrogen and oxygen atoms in total. The summed E-state index contributed by atoms with van der Waals surface area (Å²) < 4.78 is 0. The van der Waals surface area contributed by atoms with Gasteiger partial charge in [-0.1, -0.05) is 184 Å². The van der Waals surface area contributed by atoms with Crippen LogP contribution >= 0.6 is 0 Å². The first kappa shape index (κ1) is 31.7. The van der Waals surface area contributed by atoms with Crippen molar-refractivity contribution < 1.29 is 0 Å². The van der Waals surface area contributed by atoms with Gasteiger partial charge in [0.2, 0.25) is 0 Å². The second-order valence-corrected chi connectivity index (χ2v) is 15.7. The Morgan fingerprint density at radius 2 is 0.782 bits per heavy atom. The van der Waals surface area contributed by atoms with E-state index in [0.717, 1.165) is 0 Å². The molecule has 0 aliphatic heterocycles. The third kappa shape index (κ3) is 4.92. The molecule has 0 N–H and O–H groups in total. The second kappa shape index (κ2) is 12.1. The predicted octanol–water partition coefficient (Wildman–Crippen LogP) is 15.3. The van der Waals surface area contributed by atoms with Gasteiger partial charge in [-0.05, 0) is 134 Å². The Bertz CT molecular complexity index is 3100. The van der Waals surface area contributed by atoms with Gasteiger partial charge in [-0.3, -0.25) is 0 Å². The molecule has 0 heterocycles. The Morgan fingerprint density at radius 3 is 1.45 bits per heavy atom. The molecular weight excluding hydrogens is 661 g/mol. The number of hydrogen-bond donors (Lipinski definition) is 0. The van der Waals surface area contributed by atoms with Crippen molar-refractivity contribution in [3.63, 3.8) is 0 Å². The third-order valence-corrected chi connectivity index (χ3v) is 12.2. The number of hydrogen-bond acceptors (Lipinski definition) is 0. The molecule has 0 spiro atoms. The van der Waals surface area contributed by atoms with Gasteiger partial charge in [0.1, 0.15) is 0 Å². The maximum absolute atomic E-state index is 2.42. The van der Waals surface area contributed by atoms with E-state index < -0.39 is 0 Å². The zero-order valence-corrected chi connectivity index (χ0v) is 31.0. The zero-order chi connectivity index (χ0) is 36.7. The van der Waals surface area contributed by atoms with Crippen LogP contribution in [0.4, 0.5) is 0 Å². The van der Waals surface area contributed by atoms with Crippen molar-refractivity contribution in [2.45, 2.75) is 19.3 Å². The van der Waals surface area contributed by atoms with Crippen LogP contribution in [-0.4, -0.2) is 0 Å². The molecule has 0 saturated heterocycles. The van der Waals surface area contributed by atoms with Gasteiger partial charge in [-0.25, -0.2) is 0 Å². The van der Waals surface area contributed by atoms with Crippen LogP contribution in [-0.2, 0) is 5.41 Å². The molecule has 0 bridgehead atoms. The minimum absolute atomic E-state index is 0.0851. The zero-order valence-electron chi connectivity index (χ0n) is 31.0. The van der Waals surface area contributed by atoms with Crippen LogP contribution in [0, 0.1) is 0 Å². The molecule has 0 heteroatoms. The normalized spacial score (nSPS) is 13.1. The first-order chi connectivity index (χ1) is 27.0. The molecule has 0 aromatic heterocycles. The molecule has 258 valence electrons. The van der Waals surface area contributed by atoms with Crippen molar-refractivity contribution in [2.75, 3.05) is 0 Å². The highest BCUT2D eigenvalue weighted by atomic mass is 14.4. The topological polar surface area (TPSA) is 0 Å². The standard InChI is InChI=1S/C55H38/c1-55(2)50-24-12-23-44(54(50)49-33-39-15-5-6-16-40(39)34-51(49)55)42-17-11-18-43(32-42)53-47-21-9-7-19-45(47)52(46-20-8-10-22-48(46)53)37-28-25-36(26-29-37)41-30-27-35-13-3-4-14-38(35)31-41/h3-34H,1-2H3. The summed E-state index contributed by atoms with van der Waals surface area (Å²) >= 11 is 0. The molecular formula is C55H38. The highest BCUT2D eigenvalue weighted by Crippen LogP contribution is 2.53. The SMILES string of the molecule is CC1(C)c2cc3ccccc3cc2-c2c(-c3cccc(-c4c5ccccc5c(-c5ccc(-c6ccc7ccccc7c6)cc5)c5ccccc45)c3)cccc21. The summed E-state index contributed by atoms with van der Waals surface area (Å²) in [6.45, 7) is 4.76. The first-order valence-electron chi connectivity index (χ1n) is 19.3. The average Bonchev–Trinajstić information content (AvgIpc) is 3.46. The van der Waals surface area contributed by atoms with Crippen molar-refractivity contribution in [1.29, 1.82) is 0 Å². The quantitative estimate of drug-likeness (QED) is 0.161. The van der Waals surface area contributed by atoms with Crippen LogP contribution < -0.4 is 0 Å². The Hall–Kier alpha value is -6.76. The predicted molar refractivity (Wildman–Crippen MR) is 236 cm³/mol. The van der Waals surface area contributed by atoms with Gasteiger partial charge < -0.3 is 0 Å². The molecule has 1 aliphatic rings. The largest absolute Gasteiger partial charge is 0.0616 e. The van der Waals surface area contributed by atoms with E-state index in [1.54, 1.807) is 0 Å². The van der Waals surface area contributed by atoms with Gasteiger partial charge in [0.25, 0.3) is 0 Å². The average molecular weight is 699 g/mol. The molecule has 0 radical (unpaired) electrons. The summed E-state index contributed by atoms with van der Waals surface area (Å²) in [5.41, 5.74) is 15.4. The van der Waals surface area contributed by atoms with E-state index in [9.17, 15) is 0 Å². The van der Waals surface area contributed by atoms with E-state index in [0.29, 0.717) is 0 Å². The van der Waals surface area contributed by atoms with Crippen LogP contribution in [0.15, 0.2) is 194 Å². The van der Waals surface area contributed by atoms with E-state index in [-0.39, 0.29) is 5.41 Å². The number of benzene rings is 10. The van der Waals surface area contributed by atoms with Gasteiger partial charge in [-0.2, -0.15) is 0 Å². The molecule has 0 atom stereocenters. The molecule has 0 amide bonds. The lowest BCUT2D eigenvalue weighted by Gasteiger charge is -2.22. The fourth-order valence-corrected chi connectivity index (χ4v) is 9.50. The summed E-state index contributed by atoms with van der Waals surface area (Å²) in [4.78, 5) is 0. The van der Waals surface area contributed by atoms with Gasteiger partial charge in [0, 0.05) is 5.41 Å². The lowest BCUT2D eigenvalue weighted by atomic mass is 9.81. The fraction of sp³-hybridized carbons (Fsp3) is 0.0545. The van der Waals surface area contributed by atoms with Crippen molar-refractivity contribution >= 4 is 43.1 Å². The van der Waals surface area contributed by atoms with Crippen molar-refractivity contribution in [2.24, 2.45) is 0 Å². The Labute approximate surface area is 322 Å². The number of rotatable bonds is 4. The molecule has 0 fully saturated rings. The lowest BCUT2D eigenvalue weighted by Crippen LogP contribution is -2.14. The van der Waals surface area contributed by atoms with Crippen LogP contribution in [0.2, 0.25) is 0 Å². The van der Waals surface area contributed by atoms with Crippen molar-refractivity contribution in [3.8, 4) is 55.6 Å². The Kier molecular flexibility index (Phi) is 7.00. The molecule has 0 unspecified atom stereocenters. The highest BCUT2D eigenvalue weighted by Gasteiger charge is 2.37. The first-order valence-corrected chi connectivity index (χ1v) is 19.3. The molecule has 10 aromatic carbocycles. The second-order valence-electron chi connectivity index (χ2n) is 15.7. The van der Waals surface area contributed by atoms with Crippen LogP contribution in [0.5, 0.6) is 0 Å².